The summed E-state index contributed by atoms with van der Waals surface area (Å²) in [6.45, 7) is 4.13. The van der Waals surface area contributed by atoms with Gasteiger partial charge in [-0.1, -0.05) is 311 Å². The zero-order valence-corrected chi connectivity index (χ0v) is 56.7. The lowest BCUT2D eigenvalue weighted by molar-refractivity contribution is -0.870. The molecule has 0 N–H and O–H groups in total. The van der Waals surface area contributed by atoms with Crippen molar-refractivity contribution in [3.8, 4) is 0 Å². The van der Waals surface area contributed by atoms with Crippen LogP contribution in [-0.2, 0) is 32.7 Å². The van der Waals surface area contributed by atoms with Crippen LogP contribution in [0.1, 0.15) is 335 Å². The van der Waals surface area contributed by atoms with Crippen molar-refractivity contribution in [3.63, 3.8) is 0 Å². The number of likely N-dealkylation sites (N-methyl/N-ethyl adjacent to an activating group) is 1. The number of carbonyl (C=O) groups is 2. The fourth-order valence-corrected chi connectivity index (χ4v) is 11.0. The molecule has 9 nitrogen and oxygen atoms in total. The molecule has 10 heteroatoms. The Balaban J connectivity index is 3.88. The van der Waals surface area contributed by atoms with Crippen molar-refractivity contribution < 1.29 is 42.1 Å². The average molecular weight is 1200 g/mol. The maximum absolute atomic E-state index is 12.8. The molecule has 0 aliphatic heterocycles. The second-order valence-electron chi connectivity index (χ2n) is 25.2. The van der Waals surface area contributed by atoms with Gasteiger partial charge in [-0.15, -0.1) is 0 Å². The Morgan fingerprint density at radius 3 is 1.01 bits per heavy atom. The highest BCUT2D eigenvalue weighted by molar-refractivity contribution is 7.45. The second-order valence-corrected chi connectivity index (χ2v) is 26.6. The van der Waals surface area contributed by atoms with Crippen molar-refractivity contribution in [2.75, 3.05) is 47.5 Å². The Labute approximate surface area is 520 Å². The number of unbranched alkanes of at least 4 members (excludes halogenated alkanes) is 40. The average Bonchev–Trinajstić information content (AvgIpc) is 3.61. The summed E-state index contributed by atoms with van der Waals surface area (Å²) in [5, 5.41) is 0. The van der Waals surface area contributed by atoms with E-state index < -0.39 is 26.5 Å². The molecular formula is C74H136NO8P. The SMILES string of the molecule is CC/C=C\C/C=C\C/C=C\C/C=C\CCCCCCCCC(=O)OC(COC(=O)CCCCCCCCCCCCCCCCCCCCCCCCCCCCCCC/C=C\C/C=C\CCCCCCC)COP(=O)([O-])OCC[N+](C)(C)C. The highest BCUT2D eigenvalue weighted by Gasteiger charge is 2.22. The van der Waals surface area contributed by atoms with Crippen LogP contribution in [0.15, 0.2) is 72.9 Å². The lowest BCUT2D eigenvalue weighted by Gasteiger charge is -2.28. The summed E-state index contributed by atoms with van der Waals surface area (Å²) >= 11 is 0. The first kappa shape index (κ1) is 81.5. The van der Waals surface area contributed by atoms with Crippen LogP contribution < -0.4 is 4.89 Å². The van der Waals surface area contributed by atoms with Gasteiger partial charge in [0.15, 0.2) is 6.10 Å². The number of carbonyl (C=O) groups excluding carboxylic acids is 2. The third kappa shape index (κ3) is 68.6. The van der Waals surface area contributed by atoms with Crippen LogP contribution in [0.25, 0.3) is 0 Å². The molecule has 0 aromatic heterocycles. The van der Waals surface area contributed by atoms with E-state index in [0.717, 1.165) is 89.9 Å². The molecule has 2 atom stereocenters. The van der Waals surface area contributed by atoms with Gasteiger partial charge in [0.1, 0.15) is 19.8 Å². The number of ether oxygens (including phenoxy) is 2. The molecule has 0 rings (SSSR count). The number of nitrogens with zero attached hydrogens (tertiary/aromatic N) is 1. The van der Waals surface area contributed by atoms with E-state index in [0.29, 0.717) is 17.4 Å². The monoisotopic (exact) mass is 1200 g/mol. The quantitative estimate of drug-likeness (QED) is 0.0195. The number of rotatable bonds is 66. The largest absolute Gasteiger partial charge is 0.756 e. The zero-order chi connectivity index (χ0) is 61.2. The molecule has 2 unspecified atom stereocenters. The van der Waals surface area contributed by atoms with Crippen molar-refractivity contribution in [1.29, 1.82) is 0 Å². The van der Waals surface area contributed by atoms with E-state index in [1.54, 1.807) is 0 Å². The lowest BCUT2D eigenvalue weighted by atomic mass is 10.0. The molecule has 0 aliphatic carbocycles. The minimum absolute atomic E-state index is 0.0349. The second kappa shape index (κ2) is 64.9. The number of hydrogen-bond donors (Lipinski definition) is 0. The summed E-state index contributed by atoms with van der Waals surface area (Å²) in [6, 6.07) is 0. The summed E-state index contributed by atoms with van der Waals surface area (Å²) in [5.41, 5.74) is 0. The fourth-order valence-electron chi connectivity index (χ4n) is 10.3. The van der Waals surface area contributed by atoms with Crippen molar-refractivity contribution in [3.05, 3.63) is 72.9 Å². The lowest BCUT2D eigenvalue weighted by Crippen LogP contribution is -2.37. The number of hydrogen-bond acceptors (Lipinski definition) is 8. The normalized spacial score (nSPS) is 13.5. The maximum Gasteiger partial charge on any atom is 0.306 e. The molecule has 0 amide bonds. The number of allylic oxidation sites excluding steroid dienone is 12. The van der Waals surface area contributed by atoms with Gasteiger partial charge < -0.3 is 27.9 Å². The minimum Gasteiger partial charge on any atom is -0.756 e. The Kier molecular flexibility index (Phi) is 62.9. The van der Waals surface area contributed by atoms with Crippen molar-refractivity contribution in [2.24, 2.45) is 0 Å². The van der Waals surface area contributed by atoms with Crippen LogP contribution >= 0.6 is 7.82 Å². The van der Waals surface area contributed by atoms with Crippen LogP contribution in [-0.4, -0.2) is 70.0 Å². The Morgan fingerprint density at radius 2 is 0.679 bits per heavy atom. The first-order valence-corrected chi connectivity index (χ1v) is 37.1. The molecule has 84 heavy (non-hydrogen) atoms. The zero-order valence-electron chi connectivity index (χ0n) is 55.8. The highest BCUT2D eigenvalue weighted by Crippen LogP contribution is 2.38. The van der Waals surface area contributed by atoms with Crippen LogP contribution in [0.5, 0.6) is 0 Å². The van der Waals surface area contributed by atoms with E-state index in [-0.39, 0.29) is 32.0 Å². The molecule has 0 radical (unpaired) electrons. The van der Waals surface area contributed by atoms with Crippen LogP contribution in [0.3, 0.4) is 0 Å². The van der Waals surface area contributed by atoms with Crippen LogP contribution in [0.4, 0.5) is 0 Å². The van der Waals surface area contributed by atoms with Gasteiger partial charge in [0, 0.05) is 12.8 Å². The molecule has 0 saturated heterocycles. The van der Waals surface area contributed by atoms with E-state index in [4.69, 9.17) is 18.5 Å². The number of phosphoric acid groups is 1. The molecule has 0 aliphatic rings. The van der Waals surface area contributed by atoms with Gasteiger partial charge in [-0.3, -0.25) is 14.2 Å². The molecule has 0 saturated carbocycles. The molecule has 0 aromatic carbocycles. The molecule has 0 aromatic rings. The summed E-state index contributed by atoms with van der Waals surface area (Å²) < 4.78 is 34.2. The van der Waals surface area contributed by atoms with E-state index in [9.17, 15) is 19.0 Å². The first-order valence-electron chi connectivity index (χ1n) is 35.6. The number of esters is 2. The standard InChI is InChI=1S/C74H136NO8P/c1-6-8-10-12-14-16-18-20-22-24-26-27-28-29-30-31-32-33-34-35-36-37-38-39-40-41-42-43-44-45-46-47-49-50-52-54-56-58-60-62-64-66-73(76)80-70-72(71-82-84(78,79)81-69-68-75(3,4)5)83-74(77)67-65-63-61-59-57-55-53-51-48-25-23-21-19-17-15-13-11-9-7-2/h9,11,15,17-18,20-21,23-24,26,48,51,72H,6-8,10,12-14,16,19,22,25,27-47,49-50,52-71H2,1-5H3/b11-9-,17-15-,20-18-,23-21-,26-24-,51-48-. The molecule has 490 valence electrons. The van der Waals surface area contributed by atoms with Gasteiger partial charge in [-0.05, 0) is 83.5 Å². The third-order valence-corrected chi connectivity index (χ3v) is 16.7. The van der Waals surface area contributed by atoms with E-state index in [2.05, 4.69) is 86.8 Å². The molecule has 0 heterocycles. The van der Waals surface area contributed by atoms with Gasteiger partial charge >= 0.3 is 11.9 Å². The van der Waals surface area contributed by atoms with Crippen molar-refractivity contribution in [2.45, 2.75) is 341 Å². The molecule has 0 spiro atoms. The van der Waals surface area contributed by atoms with Gasteiger partial charge in [0.05, 0.1) is 27.7 Å². The summed E-state index contributed by atoms with van der Waals surface area (Å²) in [5.74, 6) is -0.839. The van der Waals surface area contributed by atoms with E-state index in [1.165, 1.54) is 212 Å². The smallest absolute Gasteiger partial charge is 0.306 e. The van der Waals surface area contributed by atoms with E-state index in [1.807, 2.05) is 21.1 Å². The first-order chi connectivity index (χ1) is 41.0. The van der Waals surface area contributed by atoms with Gasteiger partial charge in [0.25, 0.3) is 7.82 Å². The third-order valence-electron chi connectivity index (χ3n) is 15.7. The maximum atomic E-state index is 12.8. The molecule has 0 bridgehead atoms. The predicted molar refractivity (Wildman–Crippen MR) is 360 cm³/mol. The Hall–Kier alpha value is -2.55. The van der Waals surface area contributed by atoms with E-state index >= 15 is 0 Å². The van der Waals surface area contributed by atoms with Gasteiger partial charge in [0.2, 0.25) is 0 Å². The molecular weight excluding hydrogens is 1060 g/mol. The van der Waals surface area contributed by atoms with Crippen molar-refractivity contribution >= 4 is 19.8 Å². The predicted octanol–water partition coefficient (Wildman–Crippen LogP) is 22.5. The van der Waals surface area contributed by atoms with Gasteiger partial charge in [-0.25, -0.2) is 0 Å². The summed E-state index contributed by atoms with van der Waals surface area (Å²) in [7, 11) is 1.16. The van der Waals surface area contributed by atoms with Crippen LogP contribution in [0.2, 0.25) is 0 Å². The van der Waals surface area contributed by atoms with Gasteiger partial charge in [-0.2, -0.15) is 0 Å². The Bertz CT molecular complexity index is 1650. The number of phosphoric ester groups is 1. The Morgan fingerprint density at radius 1 is 0.381 bits per heavy atom. The summed E-state index contributed by atoms with van der Waals surface area (Å²) in [6.07, 6.45) is 87.3. The highest BCUT2D eigenvalue weighted by atomic mass is 31.2. The van der Waals surface area contributed by atoms with Crippen LogP contribution in [0, 0.1) is 0 Å². The minimum atomic E-state index is -4.65. The van der Waals surface area contributed by atoms with Crippen molar-refractivity contribution in [1.82, 2.24) is 0 Å². The molecule has 0 fully saturated rings. The number of quaternary nitrogens is 1. The fraction of sp³-hybridized carbons (Fsp3) is 0.811. The topological polar surface area (TPSA) is 111 Å². The summed E-state index contributed by atoms with van der Waals surface area (Å²) in [4.78, 5) is 38.0.